The number of rotatable bonds is 3. The van der Waals surface area contributed by atoms with Gasteiger partial charge >= 0.3 is 0 Å². The molecule has 1 aliphatic heterocycles. The molecule has 146 valence electrons. The molecule has 0 unspecified atom stereocenters. The maximum absolute atomic E-state index is 12.8. The molecule has 2 aliphatic rings. The quantitative estimate of drug-likeness (QED) is 0.761. The summed E-state index contributed by atoms with van der Waals surface area (Å²) in [5, 5.41) is 5.90. The van der Waals surface area contributed by atoms with Crippen molar-refractivity contribution in [3.63, 3.8) is 0 Å². The van der Waals surface area contributed by atoms with Crippen LogP contribution >= 0.6 is 0 Å². The molecule has 0 spiro atoms. The highest BCUT2D eigenvalue weighted by Gasteiger charge is 2.25. The van der Waals surface area contributed by atoms with Gasteiger partial charge in [-0.25, -0.2) is 4.98 Å². The maximum Gasteiger partial charge on any atom is 0.255 e. The van der Waals surface area contributed by atoms with E-state index in [1.54, 1.807) is 0 Å². The van der Waals surface area contributed by atoms with E-state index in [4.69, 9.17) is 10.1 Å². The average molecular weight is 377 g/mol. The lowest BCUT2D eigenvalue weighted by atomic mass is 9.88. The normalized spacial score (nSPS) is 18.5. The van der Waals surface area contributed by atoms with Crippen LogP contribution in [-0.4, -0.2) is 31.2 Å². The SMILES string of the molecule is Cn1nc(CN2CCc3nc(C4CCCCC4)[nH]c(=O)c3C2)c2ccccc21. The first kappa shape index (κ1) is 17.6. The number of aryl methyl sites for hydroxylation is 1. The van der Waals surface area contributed by atoms with E-state index in [1.807, 2.05) is 17.8 Å². The molecule has 6 nitrogen and oxygen atoms in total. The fraction of sp³-hybridized carbons (Fsp3) is 0.500. The number of nitrogens with zero attached hydrogens (tertiary/aromatic N) is 4. The minimum Gasteiger partial charge on any atom is -0.310 e. The van der Waals surface area contributed by atoms with Crippen molar-refractivity contribution in [2.75, 3.05) is 6.54 Å². The summed E-state index contributed by atoms with van der Waals surface area (Å²) in [5.74, 6) is 1.36. The Morgan fingerprint density at radius 1 is 1.18 bits per heavy atom. The smallest absolute Gasteiger partial charge is 0.255 e. The second kappa shape index (κ2) is 7.17. The van der Waals surface area contributed by atoms with E-state index in [-0.39, 0.29) is 5.56 Å². The van der Waals surface area contributed by atoms with Crippen LogP contribution in [0.1, 0.15) is 60.8 Å². The fourth-order valence-corrected chi connectivity index (χ4v) is 4.82. The van der Waals surface area contributed by atoms with E-state index in [9.17, 15) is 4.79 Å². The van der Waals surface area contributed by atoms with Gasteiger partial charge in [-0.1, -0.05) is 37.5 Å². The van der Waals surface area contributed by atoms with Crippen molar-refractivity contribution in [1.29, 1.82) is 0 Å². The summed E-state index contributed by atoms with van der Waals surface area (Å²) in [5.41, 5.74) is 4.12. The van der Waals surface area contributed by atoms with Crippen molar-refractivity contribution in [2.45, 2.75) is 57.5 Å². The molecule has 1 N–H and O–H groups in total. The van der Waals surface area contributed by atoms with Crippen LogP contribution in [-0.2, 0) is 26.6 Å². The summed E-state index contributed by atoms with van der Waals surface area (Å²) in [6, 6.07) is 8.32. The molecule has 0 bridgehead atoms. The lowest BCUT2D eigenvalue weighted by molar-refractivity contribution is 0.238. The average Bonchev–Trinajstić information content (AvgIpc) is 3.05. The van der Waals surface area contributed by atoms with Gasteiger partial charge in [0, 0.05) is 44.4 Å². The zero-order valence-corrected chi connectivity index (χ0v) is 16.4. The Bertz CT molecular complexity index is 1060. The summed E-state index contributed by atoms with van der Waals surface area (Å²) < 4.78 is 1.94. The van der Waals surface area contributed by atoms with Gasteiger partial charge in [0.05, 0.1) is 22.5 Å². The van der Waals surface area contributed by atoms with E-state index >= 15 is 0 Å². The lowest BCUT2D eigenvalue weighted by Crippen LogP contribution is -2.36. The highest BCUT2D eigenvalue weighted by molar-refractivity contribution is 5.81. The van der Waals surface area contributed by atoms with Gasteiger partial charge in [-0.3, -0.25) is 14.4 Å². The molecular formula is C22H27N5O. The molecule has 5 rings (SSSR count). The summed E-state index contributed by atoms with van der Waals surface area (Å²) in [7, 11) is 1.98. The number of fused-ring (bicyclic) bond motifs is 2. The Morgan fingerprint density at radius 2 is 2.00 bits per heavy atom. The van der Waals surface area contributed by atoms with Crippen LogP contribution < -0.4 is 5.56 Å². The monoisotopic (exact) mass is 377 g/mol. The van der Waals surface area contributed by atoms with Gasteiger partial charge in [-0.15, -0.1) is 0 Å². The number of hydrogen-bond donors (Lipinski definition) is 1. The molecule has 1 aromatic carbocycles. The Morgan fingerprint density at radius 3 is 2.86 bits per heavy atom. The van der Waals surface area contributed by atoms with Gasteiger partial charge in [-0.2, -0.15) is 5.10 Å². The van der Waals surface area contributed by atoms with Crippen molar-refractivity contribution in [1.82, 2.24) is 24.6 Å². The second-order valence-corrected chi connectivity index (χ2v) is 8.26. The van der Waals surface area contributed by atoms with Crippen LogP contribution in [0.3, 0.4) is 0 Å². The molecule has 0 saturated heterocycles. The third-order valence-electron chi connectivity index (χ3n) is 6.37. The van der Waals surface area contributed by atoms with Crippen LogP contribution in [0.2, 0.25) is 0 Å². The summed E-state index contributed by atoms with van der Waals surface area (Å²) in [6.07, 6.45) is 6.95. The Kier molecular flexibility index (Phi) is 4.51. The van der Waals surface area contributed by atoms with Gasteiger partial charge < -0.3 is 4.98 Å². The number of aromatic amines is 1. The first-order valence-corrected chi connectivity index (χ1v) is 10.4. The number of H-pyrrole nitrogens is 1. The molecule has 28 heavy (non-hydrogen) atoms. The molecule has 2 aromatic heterocycles. The lowest BCUT2D eigenvalue weighted by Gasteiger charge is -2.28. The van der Waals surface area contributed by atoms with E-state index in [1.165, 1.54) is 24.6 Å². The van der Waals surface area contributed by atoms with Crippen molar-refractivity contribution in [3.8, 4) is 0 Å². The van der Waals surface area contributed by atoms with Gasteiger partial charge in [0.1, 0.15) is 5.82 Å². The number of para-hydroxylation sites is 1. The van der Waals surface area contributed by atoms with E-state index in [2.05, 4.69) is 28.1 Å². The minimum absolute atomic E-state index is 0.0566. The summed E-state index contributed by atoms with van der Waals surface area (Å²) in [4.78, 5) is 23.1. The highest BCUT2D eigenvalue weighted by atomic mass is 16.1. The standard InChI is InChI=1S/C22H27N5O/c1-26-20-10-6-5-9-16(20)19(25-26)14-27-12-11-18-17(13-27)22(28)24-21(23-18)15-7-3-2-4-8-15/h5-6,9-10,15H,2-4,7-8,11-14H2,1H3,(H,23,24,28). The number of benzene rings is 1. The summed E-state index contributed by atoms with van der Waals surface area (Å²) in [6.45, 7) is 2.32. The van der Waals surface area contributed by atoms with Crippen LogP contribution in [0.5, 0.6) is 0 Å². The molecule has 1 aliphatic carbocycles. The van der Waals surface area contributed by atoms with Crippen LogP contribution in [0.15, 0.2) is 29.1 Å². The van der Waals surface area contributed by atoms with Gasteiger partial charge in [0.2, 0.25) is 0 Å². The molecule has 1 fully saturated rings. The molecule has 3 heterocycles. The number of aromatic nitrogens is 4. The first-order chi connectivity index (χ1) is 13.7. The number of nitrogens with one attached hydrogen (secondary N) is 1. The molecule has 0 radical (unpaired) electrons. The van der Waals surface area contributed by atoms with Gasteiger partial charge in [0.15, 0.2) is 0 Å². The van der Waals surface area contributed by atoms with Crippen LogP contribution in [0.4, 0.5) is 0 Å². The topological polar surface area (TPSA) is 66.8 Å². The molecule has 6 heteroatoms. The third kappa shape index (κ3) is 3.15. The Balaban J connectivity index is 1.38. The fourth-order valence-electron chi connectivity index (χ4n) is 4.82. The molecule has 3 aromatic rings. The Hall–Kier alpha value is -2.47. The largest absolute Gasteiger partial charge is 0.310 e. The maximum atomic E-state index is 12.8. The van der Waals surface area contributed by atoms with Crippen molar-refractivity contribution in [2.24, 2.45) is 7.05 Å². The molecule has 1 saturated carbocycles. The van der Waals surface area contributed by atoms with Gasteiger partial charge in [-0.05, 0) is 18.9 Å². The minimum atomic E-state index is 0.0566. The van der Waals surface area contributed by atoms with Crippen LogP contribution in [0, 0.1) is 0 Å². The zero-order valence-electron chi connectivity index (χ0n) is 16.4. The molecule has 0 amide bonds. The second-order valence-electron chi connectivity index (χ2n) is 8.26. The Labute approximate surface area is 164 Å². The predicted molar refractivity (Wildman–Crippen MR) is 109 cm³/mol. The van der Waals surface area contributed by atoms with Crippen molar-refractivity contribution in [3.05, 3.63) is 57.4 Å². The first-order valence-electron chi connectivity index (χ1n) is 10.4. The van der Waals surface area contributed by atoms with E-state index in [0.29, 0.717) is 12.5 Å². The van der Waals surface area contributed by atoms with E-state index in [0.717, 1.165) is 60.6 Å². The van der Waals surface area contributed by atoms with E-state index < -0.39 is 0 Å². The third-order valence-corrected chi connectivity index (χ3v) is 6.37. The predicted octanol–water partition coefficient (Wildman–Crippen LogP) is 3.26. The summed E-state index contributed by atoms with van der Waals surface area (Å²) >= 11 is 0. The molecule has 0 atom stereocenters. The van der Waals surface area contributed by atoms with Crippen molar-refractivity contribution >= 4 is 10.9 Å². The molecular weight excluding hydrogens is 350 g/mol. The van der Waals surface area contributed by atoms with Crippen LogP contribution in [0.25, 0.3) is 10.9 Å². The highest BCUT2D eigenvalue weighted by Crippen LogP contribution is 2.31. The van der Waals surface area contributed by atoms with Gasteiger partial charge in [0.25, 0.3) is 5.56 Å². The number of hydrogen-bond acceptors (Lipinski definition) is 4. The van der Waals surface area contributed by atoms with Crippen molar-refractivity contribution < 1.29 is 0 Å². The zero-order chi connectivity index (χ0) is 19.1.